The minimum absolute atomic E-state index is 0.0175. The molecule has 1 unspecified atom stereocenters. The molecule has 2 N–H and O–H groups in total. The van der Waals surface area contributed by atoms with Crippen LogP contribution in [0.15, 0.2) is 0 Å². The topological polar surface area (TPSA) is 83.2 Å². The van der Waals surface area contributed by atoms with Crippen molar-refractivity contribution in [2.24, 2.45) is 0 Å². The van der Waals surface area contributed by atoms with Crippen LogP contribution >= 0.6 is 0 Å². The fourth-order valence-electron chi connectivity index (χ4n) is 1.77. The van der Waals surface area contributed by atoms with Crippen molar-refractivity contribution >= 4 is 5.95 Å². The molecular formula is C14H26N4O2. The van der Waals surface area contributed by atoms with E-state index < -0.39 is 0 Å². The third-order valence-electron chi connectivity index (χ3n) is 2.72. The van der Waals surface area contributed by atoms with Gasteiger partial charge in [-0.25, -0.2) is 0 Å². The van der Waals surface area contributed by atoms with Gasteiger partial charge in [-0.1, -0.05) is 26.2 Å². The summed E-state index contributed by atoms with van der Waals surface area (Å²) >= 11 is 0. The number of ether oxygens (including phenoxy) is 2. The first-order valence-electron chi connectivity index (χ1n) is 7.36. The second kappa shape index (κ2) is 8.55. The van der Waals surface area contributed by atoms with E-state index in [1.807, 2.05) is 20.8 Å². The first-order valence-corrected chi connectivity index (χ1v) is 7.36. The Morgan fingerprint density at radius 2 is 1.60 bits per heavy atom. The van der Waals surface area contributed by atoms with Crippen LogP contribution in [0.5, 0.6) is 12.0 Å². The largest absolute Gasteiger partial charge is 0.461 e. The minimum Gasteiger partial charge on any atom is -0.461 e. The van der Waals surface area contributed by atoms with Crippen LogP contribution < -0.4 is 15.2 Å². The average Bonchev–Trinajstić information content (AvgIpc) is 2.33. The zero-order valence-electron chi connectivity index (χ0n) is 12.9. The third kappa shape index (κ3) is 6.54. The molecule has 6 nitrogen and oxygen atoms in total. The van der Waals surface area contributed by atoms with E-state index in [0.29, 0.717) is 0 Å². The lowest BCUT2D eigenvalue weighted by atomic mass is 10.1. The summed E-state index contributed by atoms with van der Waals surface area (Å²) in [5.41, 5.74) is 5.63. The third-order valence-corrected chi connectivity index (χ3v) is 2.72. The van der Waals surface area contributed by atoms with Crippen molar-refractivity contribution < 1.29 is 9.47 Å². The van der Waals surface area contributed by atoms with Gasteiger partial charge in [0.05, 0.1) is 12.2 Å². The molecule has 1 aromatic rings. The van der Waals surface area contributed by atoms with Gasteiger partial charge in [-0.15, -0.1) is 4.98 Å². The second-order valence-corrected chi connectivity index (χ2v) is 5.20. The highest BCUT2D eigenvalue weighted by molar-refractivity contribution is 5.20. The molecule has 0 aromatic carbocycles. The summed E-state index contributed by atoms with van der Waals surface area (Å²) < 4.78 is 11.1. The maximum atomic E-state index is 5.68. The van der Waals surface area contributed by atoms with Gasteiger partial charge in [-0.3, -0.25) is 0 Å². The molecule has 20 heavy (non-hydrogen) atoms. The fourth-order valence-corrected chi connectivity index (χ4v) is 1.77. The van der Waals surface area contributed by atoms with Gasteiger partial charge in [-0.05, 0) is 33.6 Å². The molecule has 0 aliphatic heterocycles. The van der Waals surface area contributed by atoms with E-state index in [2.05, 4.69) is 21.9 Å². The highest BCUT2D eigenvalue weighted by Crippen LogP contribution is 2.15. The molecule has 0 aliphatic rings. The smallest absolute Gasteiger partial charge is 0.324 e. The van der Waals surface area contributed by atoms with E-state index in [4.69, 9.17) is 15.2 Å². The van der Waals surface area contributed by atoms with Crippen LogP contribution in [0.25, 0.3) is 0 Å². The number of nitrogen functional groups attached to an aromatic ring is 1. The van der Waals surface area contributed by atoms with Gasteiger partial charge in [0.1, 0.15) is 0 Å². The Labute approximate surface area is 121 Å². The number of hydrogen-bond acceptors (Lipinski definition) is 6. The van der Waals surface area contributed by atoms with Gasteiger partial charge in [0.2, 0.25) is 5.95 Å². The number of aromatic nitrogens is 3. The molecule has 0 bridgehead atoms. The molecule has 1 rings (SSSR count). The van der Waals surface area contributed by atoms with E-state index in [1.54, 1.807) is 0 Å². The zero-order chi connectivity index (χ0) is 15.0. The summed E-state index contributed by atoms with van der Waals surface area (Å²) in [6, 6.07) is 0.442. The van der Waals surface area contributed by atoms with Crippen LogP contribution in [-0.2, 0) is 0 Å². The maximum Gasteiger partial charge on any atom is 0.324 e. The number of anilines is 1. The lowest BCUT2D eigenvalue weighted by Crippen LogP contribution is -2.16. The predicted octanol–water partition coefficient (Wildman–Crippen LogP) is 2.98. The summed E-state index contributed by atoms with van der Waals surface area (Å²) in [5, 5.41) is 0. The number of hydrogen-bond donors (Lipinski definition) is 1. The van der Waals surface area contributed by atoms with E-state index >= 15 is 0 Å². The molecule has 0 aliphatic carbocycles. The van der Waals surface area contributed by atoms with Gasteiger partial charge < -0.3 is 15.2 Å². The van der Waals surface area contributed by atoms with E-state index in [1.165, 1.54) is 19.3 Å². The summed E-state index contributed by atoms with van der Waals surface area (Å²) in [4.78, 5) is 12.0. The first kappa shape index (κ1) is 16.5. The van der Waals surface area contributed by atoms with Gasteiger partial charge in [0.15, 0.2) is 0 Å². The lowest BCUT2D eigenvalue weighted by Gasteiger charge is -2.14. The quantitative estimate of drug-likeness (QED) is 0.701. The summed E-state index contributed by atoms with van der Waals surface area (Å²) in [7, 11) is 0. The Kier molecular flexibility index (Phi) is 7.04. The normalized spacial score (nSPS) is 12.4. The summed E-state index contributed by atoms with van der Waals surface area (Å²) in [6.07, 6.45) is 5.88. The van der Waals surface area contributed by atoms with E-state index in [0.717, 1.165) is 12.8 Å². The minimum atomic E-state index is -0.0175. The van der Waals surface area contributed by atoms with Gasteiger partial charge >= 0.3 is 12.0 Å². The van der Waals surface area contributed by atoms with Crippen molar-refractivity contribution in [1.82, 2.24) is 15.0 Å². The molecule has 1 aromatic heterocycles. The first-order chi connectivity index (χ1) is 9.51. The predicted molar refractivity (Wildman–Crippen MR) is 78.9 cm³/mol. The molecule has 1 atom stereocenters. The molecule has 1 heterocycles. The van der Waals surface area contributed by atoms with Crippen LogP contribution in [0.1, 0.15) is 59.8 Å². The van der Waals surface area contributed by atoms with Crippen molar-refractivity contribution in [2.75, 3.05) is 5.73 Å². The average molecular weight is 282 g/mol. The van der Waals surface area contributed by atoms with Crippen LogP contribution in [0.4, 0.5) is 5.95 Å². The standard InChI is InChI=1S/C14H26N4O2/c1-5-6-7-8-9-11(4)20-14-17-12(15)16-13(18-14)19-10(2)3/h10-11H,5-9H2,1-4H3,(H2,15,16,17,18). The maximum absolute atomic E-state index is 5.68. The van der Waals surface area contributed by atoms with Gasteiger partial charge in [0.25, 0.3) is 0 Å². The lowest BCUT2D eigenvalue weighted by molar-refractivity contribution is 0.177. The van der Waals surface area contributed by atoms with Crippen LogP contribution in [-0.4, -0.2) is 27.2 Å². The van der Waals surface area contributed by atoms with Crippen molar-refractivity contribution in [2.45, 2.75) is 72.0 Å². The van der Waals surface area contributed by atoms with Gasteiger partial charge in [0, 0.05) is 0 Å². The molecule has 0 saturated carbocycles. The molecule has 0 saturated heterocycles. The van der Waals surface area contributed by atoms with E-state index in [-0.39, 0.29) is 30.2 Å². The molecule has 0 radical (unpaired) electrons. The van der Waals surface area contributed by atoms with Crippen LogP contribution in [0, 0.1) is 0 Å². The molecule has 0 amide bonds. The van der Waals surface area contributed by atoms with Crippen molar-refractivity contribution in [3.63, 3.8) is 0 Å². The highest BCUT2D eigenvalue weighted by Gasteiger charge is 2.11. The van der Waals surface area contributed by atoms with Crippen molar-refractivity contribution in [1.29, 1.82) is 0 Å². The Morgan fingerprint density at radius 3 is 2.20 bits per heavy atom. The summed E-state index contributed by atoms with van der Waals surface area (Å²) in [6.45, 7) is 8.01. The van der Waals surface area contributed by atoms with Gasteiger partial charge in [-0.2, -0.15) is 9.97 Å². The molecule has 0 fully saturated rings. The number of nitrogens with two attached hydrogens (primary N) is 1. The zero-order valence-corrected chi connectivity index (χ0v) is 12.9. The molecule has 6 heteroatoms. The molecule has 0 spiro atoms. The Morgan fingerprint density at radius 1 is 0.950 bits per heavy atom. The van der Waals surface area contributed by atoms with Crippen LogP contribution in [0.2, 0.25) is 0 Å². The van der Waals surface area contributed by atoms with Crippen molar-refractivity contribution in [3.8, 4) is 12.0 Å². The summed E-state index contributed by atoms with van der Waals surface area (Å²) in [5.74, 6) is 0.115. The van der Waals surface area contributed by atoms with E-state index in [9.17, 15) is 0 Å². The SMILES string of the molecule is CCCCCCC(C)Oc1nc(N)nc(OC(C)C)n1. The monoisotopic (exact) mass is 282 g/mol. The Bertz CT molecular complexity index is 399. The second-order valence-electron chi connectivity index (χ2n) is 5.20. The highest BCUT2D eigenvalue weighted by atomic mass is 16.5. The Balaban J connectivity index is 2.51. The number of unbranched alkanes of at least 4 members (excludes halogenated alkanes) is 3. The Hall–Kier alpha value is -1.59. The van der Waals surface area contributed by atoms with Crippen LogP contribution in [0.3, 0.4) is 0 Å². The van der Waals surface area contributed by atoms with Crippen molar-refractivity contribution in [3.05, 3.63) is 0 Å². The molecule has 114 valence electrons. The number of rotatable bonds is 9. The number of nitrogens with zero attached hydrogens (tertiary/aromatic N) is 3. The molecular weight excluding hydrogens is 256 g/mol. The fraction of sp³-hybridized carbons (Fsp3) is 0.786.